The lowest BCUT2D eigenvalue weighted by molar-refractivity contribution is 0.0925. The van der Waals surface area contributed by atoms with Crippen LogP contribution in [0.25, 0.3) is 0 Å². The molecule has 1 rings (SSSR count). The van der Waals surface area contributed by atoms with Crippen molar-refractivity contribution in [3.8, 4) is 0 Å². The van der Waals surface area contributed by atoms with Crippen LogP contribution in [-0.4, -0.2) is 62.9 Å². The highest BCUT2D eigenvalue weighted by Crippen LogP contribution is 2.07. The minimum Gasteiger partial charge on any atom is -0.459 e. The topological polar surface area (TPSA) is 61.1 Å². The van der Waals surface area contributed by atoms with E-state index in [9.17, 15) is 4.79 Å². The predicted molar refractivity (Wildman–Crippen MR) is 95.5 cm³/mol. The standard InChI is InChI=1S/C14H24N4O2.HI/c1-11-7-10-20-12(11)13(19)15-8-6-9-16-14(17(2)3)18(4)5;/h7,10H,6,8-9H2,1-5H3,(H,15,19);1H. The van der Waals surface area contributed by atoms with Gasteiger partial charge in [0.2, 0.25) is 0 Å². The molecule has 21 heavy (non-hydrogen) atoms. The first-order valence-electron chi connectivity index (χ1n) is 6.65. The van der Waals surface area contributed by atoms with E-state index in [1.54, 1.807) is 6.07 Å². The maximum absolute atomic E-state index is 11.8. The summed E-state index contributed by atoms with van der Waals surface area (Å²) >= 11 is 0. The van der Waals surface area contributed by atoms with Gasteiger partial charge >= 0.3 is 0 Å². The summed E-state index contributed by atoms with van der Waals surface area (Å²) in [6, 6.07) is 1.78. The van der Waals surface area contributed by atoms with Crippen molar-refractivity contribution in [3.05, 3.63) is 23.7 Å². The second-order valence-corrected chi connectivity index (χ2v) is 5.01. The van der Waals surface area contributed by atoms with E-state index in [1.165, 1.54) is 6.26 Å². The molecule has 0 aliphatic rings. The lowest BCUT2D eigenvalue weighted by Crippen LogP contribution is -2.35. The molecule has 0 atom stereocenters. The highest BCUT2D eigenvalue weighted by molar-refractivity contribution is 14.0. The molecule has 0 spiro atoms. The van der Waals surface area contributed by atoms with Crippen molar-refractivity contribution < 1.29 is 9.21 Å². The summed E-state index contributed by atoms with van der Waals surface area (Å²) in [4.78, 5) is 20.2. The van der Waals surface area contributed by atoms with E-state index in [4.69, 9.17) is 4.42 Å². The van der Waals surface area contributed by atoms with Gasteiger partial charge in [-0.15, -0.1) is 24.0 Å². The predicted octanol–water partition coefficient (Wildman–Crippen LogP) is 1.81. The average Bonchev–Trinajstić information content (AvgIpc) is 2.78. The van der Waals surface area contributed by atoms with Crippen molar-refractivity contribution in [1.82, 2.24) is 15.1 Å². The van der Waals surface area contributed by atoms with Gasteiger partial charge in [-0.05, 0) is 19.4 Å². The first-order chi connectivity index (χ1) is 9.43. The van der Waals surface area contributed by atoms with Gasteiger partial charge in [0.1, 0.15) is 0 Å². The quantitative estimate of drug-likeness (QED) is 0.350. The third-order valence-electron chi connectivity index (χ3n) is 2.74. The Hall–Kier alpha value is -1.25. The van der Waals surface area contributed by atoms with Crippen LogP contribution in [0.3, 0.4) is 0 Å². The molecular weight excluding hydrogens is 383 g/mol. The van der Waals surface area contributed by atoms with Gasteiger partial charge in [-0.25, -0.2) is 0 Å². The molecule has 0 fully saturated rings. The third-order valence-corrected chi connectivity index (χ3v) is 2.74. The summed E-state index contributed by atoms with van der Waals surface area (Å²) < 4.78 is 5.13. The number of halogens is 1. The molecule has 1 aromatic rings. The maximum atomic E-state index is 11.8. The molecule has 0 unspecified atom stereocenters. The molecule has 0 saturated heterocycles. The van der Waals surface area contributed by atoms with E-state index in [0.29, 0.717) is 18.8 Å². The van der Waals surface area contributed by atoms with Crippen LogP contribution in [0.2, 0.25) is 0 Å². The first kappa shape index (κ1) is 19.8. The van der Waals surface area contributed by atoms with Crippen molar-refractivity contribution in [2.24, 2.45) is 4.99 Å². The van der Waals surface area contributed by atoms with Gasteiger partial charge in [-0.1, -0.05) is 0 Å². The Bertz CT molecular complexity index is 459. The smallest absolute Gasteiger partial charge is 0.287 e. The third kappa shape index (κ3) is 6.36. The summed E-state index contributed by atoms with van der Waals surface area (Å²) in [7, 11) is 7.83. The molecule has 6 nitrogen and oxygen atoms in total. The zero-order valence-corrected chi connectivity index (χ0v) is 15.7. The van der Waals surface area contributed by atoms with Gasteiger partial charge in [-0.3, -0.25) is 9.79 Å². The van der Waals surface area contributed by atoms with Crippen LogP contribution in [0, 0.1) is 6.92 Å². The van der Waals surface area contributed by atoms with Gasteiger partial charge in [0.25, 0.3) is 5.91 Å². The Balaban J connectivity index is 0.00000400. The van der Waals surface area contributed by atoms with E-state index in [-0.39, 0.29) is 29.9 Å². The number of nitrogens with zero attached hydrogens (tertiary/aromatic N) is 3. The second-order valence-electron chi connectivity index (χ2n) is 5.01. The summed E-state index contributed by atoms with van der Waals surface area (Å²) in [6.45, 7) is 3.10. The van der Waals surface area contributed by atoms with Crippen LogP contribution in [0.15, 0.2) is 21.7 Å². The van der Waals surface area contributed by atoms with E-state index in [0.717, 1.165) is 17.9 Å². The number of carbonyl (C=O) groups excluding carboxylic acids is 1. The van der Waals surface area contributed by atoms with Crippen LogP contribution in [-0.2, 0) is 0 Å². The Labute approximate surface area is 143 Å². The molecule has 0 radical (unpaired) electrons. The molecule has 7 heteroatoms. The molecule has 1 amide bonds. The SMILES string of the molecule is Cc1ccoc1C(=O)NCCCN=C(N(C)C)N(C)C.I. The number of aryl methyl sites for hydroxylation is 1. The molecule has 0 aliphatic carbocycles. The van der Waals surface area contributed by atoms with Crippen LogP contribution < -0.4 is 5.32 Å². The van der Waals surface area contributed by atoms with E-state index in [1.807, 2.05) is 44.9 Å². The Morgan fingerprint density at radius 2 is 1.90 bits per heavy atom. The van der Waals surface area contributed by atoms with Gasteiger partial charge in [0.05, 0.1) is 6.26 Å². The number of carbonyl (C=O) groups is 1. The number of nitrogens with one attached hydrogen (secondary N) is 1. The Kier molecular flexibility index (Phi) is 9.07. The molecular formula is C14H25IN4O2. The Morgan fingerprint density at radius 1 is 1.29 bits per heavy atom. The largest absolute Gasteiger partial charge is 0.459 e. The van der Waals surface area contributed by atoms with Gasteiger partial charge < -0.3 is 19.5 Å². The maximum Gasteiger partial charge on any atom is 0.287 e. The summed E-state index contributed by atoms with van der Waals surface area (Å²) in [5.74, 6) is 1.13. The normalized spacial score (nSPS) is 9.57. The second kappa shape index (κ2) is 9.64. The number of amides is 1. The van der Waals surface area contributed by atoms with Crippen LogP contribution >= 0.6 is 24.0 Å². The van der Waals surface area contributed by atoms with Crippen molar-refractivity contribution in [3.63, 3.8) is 0 Å². The molecule has 0 saturated carbocycles. The monoisotopic (exact) mass is 408 g/mol. The molecule has 1 N–H and O–H groups in total. The Morgan fingerprint density at radius 3 is 2.38 bits per heavy atom. The van der Waals surface area contributed by atoms with Crippen molar-refractivity contribution in [1.29, 1.82) is 0 Å². The molecule has 120 valence electrons. The van der Waals surface area contributed by atoms with E-state index in [2.05, 4.69) is 10.3 Å². The lowest BCUT2D eigenvalue weighted by atomic mass is 10.2. The number of hydrogen-bond acceptors (Lipinski definition) is 3. The minimum atomic E-state index is -0.170. The molecule has 0 bridgehead atoms. The summed E-state index contributed by atoms with van der Waals surface area (Å²) in [5, 5.41) is 2.83. The molecule has 1 heterocycles. The van der Waals surface area contributed by atoms with Crippen LogP contribution in [0.4, 0.5) is 0 Å². The number of guanidine groups is 1. The van der Waals surface area contributed by atoms with Crippen LogP contribution in [0.1, 0.15) is 22.5 Å². The van der Waals surface area contributed by atoms with Crippen molar-refractivity contribution in [2.45, 2.75) is 13.3 Å². The number of hydrogen-bond donors (Lipinski definition) is 1. The van der Waals surface area contributed by atoms with E-state index < -0.39 is 0 Å². The number of rotatable bonds is 5. The van der Waals surface area contributed by atoms with Gasteiger partial charge in [0, 0.05) is 46.8 Å². The fraction of sp³-hybridized carbons (Fsp3) is 0.571. The zero-order chi connectivity index (χ0) is 15.1. The van der Waals surface area contributed by atoms with E-state index >= 15 is 0 Å². The highest BCUT2D eigenvalue weighted by atomic mass is 127. The highest BCUT2D eigenvalue weighted by Gasteiger charge is 2.11. The summed E-state index contributed by atoms with van der Waals surface area (Å²) in [6.07, 6.45) is 2.31. The molecule has 1 aromatic heterocycles. The number of furan rings is 1. The minimum absolute atomic E-state index is 0. The summed E-state index contributed by atoms with van der Waals surface area (Å²) in [5.41, 5.74) is 0.850. The van der Waals surface area contributed by atoms with Crippen molar-refractivity contribution >= 4 is 35.8 Å². The zero-order valence-electron chi connectivity index (χ0n) is 13.3. The molecule has 0 aliphatic heterocycles. The first-order valence-corrected chi connectivity index (χ1v) is 6.65. The van der Waals surface area contributed by atoms with Crippen molar-refractivity contribution in [2.75, 3.05) is 41.3 Å². The van der Waals surface area contributed by atoms with Gasteiger partial charge in [-0.2, -0.15) is 0 Å². The fourth-order valence-electron chi connectivity index (χ4n) is 1.83. The van der Waals surface area contributed by atoms with Crippen LogP contribution in [0.5, 0.6) is 0 Å². The lowest BCUT2D eigenvalue weighted by Gasteiger charge is -2.22. The molecule has 0 aromatic carbocycles. The fourth-order valence-corrected chi connectivity index (χ4v) is 1.83. The average molecular weight is 408 g/mol. The van der Waals surface area contributed by atoms with Gasteiger partial charge in [0.15, 0.2) is 11.7 Å². The number of aliphatic imine (C=N–C) groups is 1.